The van der Waals surface area contributed by atoms with E-state index in [0.717, 1.165) is 57.8 Å². The molecule has 0 fully saturated rings. The minimum atomic E-state index is -4.63. The number of allylic oxidation sites excluding steroid dienone is 2. The predicted octanol–water partition coefficient (Wildman–Crippen LogP) is 10.4. The minimum absolute atomic E-state index is 0.184. The van der Waals surface area contributed by atoms with E-state index in [1.165, 1.54) is 96.3 Å². The molecule has 3 unspecified atom stereocenters. The first-order valence-corrected chi connectivity index (χ1v) is 22.1. The second kappa shape index (κ2) is 37.0. The molecule has 0 rings (SSSR count). The average molecular weight is 749 g/mol. The van der Waals surface area contributed by atoms with Crippen LogP contribution in [0.4, 0.5) is 0 Å². The molecule has 0 aliphatic rings. The molecule has 3 atom stereocenters. The molecule has 0 aromatic heterocycles. The monoisotopic (exact) mass is 749 g/mol. The summed E-state index contributed by atoms with van der Waals surface area (Å²) in [4.78, 5) is 34.4. The van der Waals surface area contributed by atoms with Crippen LogP contribution in [-0.2, 0) is 32.7 Å². The van der Waals surface area contributed by atoms with E-state index in [0.29, 0.717) is 12.8 Å². The second-order valence-electron chi connectivity index (χ2n) is 14.0. The molecule has 0 amide bonds. The summed E-state index contributed by atoms with van der Waals surface area (Å²) in [5.74, 6) is -1.02. The van der Waals surface area contributed by atoms with E-state index in [-0.39, 0.29) is 12.8 Å². The first-order chi connectivity index (χ1) is 24.8. The number of carbonyl (C=O) groups is 2. The maximum atomic E-state index is 12.3. The largest absolute Gasteiger partial charge is 0.472 e. The smallest absolute Gasteiger partial charge is 0.457 e. The lowest BCUT2D eigenvalue weighted by Gasteiger charge is -2.20. The summed E-state index contributed by atoms with van der Waals surface area (Å²) < 4.78 is 32.5. The Morgan fingerprint density at radius 3 is 1.18 bits per heavy atom. The van der Waals surface area contributed by atoms with Gasteiger partial charge in [-0.3, -0.25) is 18.6 Å². The number of carbonyl (C=O) groups excluding carboxylic acids is 2. The fourth-order valence-electron chi connectivity index (χ4n) is 5.74. The maximum Gasteiger partial charge on any atom is 0.472 e. The van der Waals surface area contributed by atoms with Gasteiger partial charge in [-0.1, -0.05) is 161 Å². The Kier molecular flexibility index (Phi) is 36.1. The van der Waals surface area contributed by atoms with Crippen molar-refractivity contribution in [1.29, 1.82) is 0 Å². The SMILES string of the molecule is CCCC/C=C\CCCCCCCC(=O)OC(CO)COP(=O)(O)OCC(CO)OC(=O)CCCCCCCCCCCCCCCCCCC. The molecule has 51 heavy (non-hydrogen) atoms. The molecule has 11 heteroatoms. The van der Waals surface area contributed by atoms with Crippen molar-refractivity contribution in [3.05, 3.63) is 12.2 Å². The second-order valence-corrected chi connectivity index (χ2v) is 15.4. The highest BCUT2D eigenvalue weighted by Gasteiger charge is 2.27. The Bertz CT molecular complexity index is 868. The third-order valence-corrected chi connectivity index (χ3v) is 9.93. The van der Waals surface area contributed by atoms with Gasteiger partial charge in [0.1, 0.15) is 12.2 Å². The maximum absolute atomic E-state index is 12.3. The lowest BCUT2D eigenvalue weighted by atomic mass is 10.0. The Balaban J connectivity index is 3.91. The molecule has 0 heterocycles. The van der Waals surface area contributed by atoms with E-state index < -0.39 is 58.4 Å². The molecular weight excluding hydrogens is 671 g/mol. The quantitative estimate of drug-likeness (QED) is 0.0240. The van der Waals surface area contributed by atoms with Gasteiger partial charge in [0.25, 0.3) is 0 Å². The third kappa shape index (κ3) is 35.5. The Labute approximate surface area is 311 Å². The molecule has 0 radical (unpaired) electrons. The molecule has 302 valence electrons. The van der Waals surface area contributed by atoms with Crippen molar-refractivity contribution < 1.29 is 47.8 Å². The van der Waals surface area contributed by atoms with Crippen molar-refractivity contribution in [2.45, 2.75) is 206 Å². The predicted molar refractivity (Wildman–Crippen MR) is 205 cm³/mol. The molecule has 0 aliphatic heterocycles. The van der Waals surface area contributed by atoms with Gasteiger partial charge >= 0.3 is 19.8 Å². The number of phosphoric ester groups is 1. The third-order valence-electron chi connectivity index (χ3n) is 8.98. The highest BCUT2D eigenvalue weighted by Crippen LogP contribution is 2.43. The molecule has 0 saturated carbocycles. The van der Waals surface area contributed by atoms with Gasteiger partial charge < -0.3 is 24.6 Å². The lowest BCUT2D eigenvalue weighted by Crippen LogP contribution is -2.28. The Morgan fingerprint density at radius 2 is 0.824 bits per heavy atom. The zero-order valence-corrected chi connectivity index (χ0v) is 33.5. The van der Waals surface area contributed by atoms with E-state index in [2.05, 4.69) is 26.0 Å². The van der Waals surface area contributed by atoms with Crippen molar-refractivity contribution in [2.75, 3.05) is 26.4 Å². The molecule has 0 spiro atoms. The molecular formula is C40H77O10P. The highest BCUT2D eigenvalue weighted by atomic mass is 31.2. The topological polar surface area (TPSA) is 149 Å². The first-order valence-electron chi connectivity index (χ1n) is 20.6. The van der Waals surface area contributed by atoms with Crippen LogP contribution in [-0.4, -0.2) is 65.7 Å². The molecule has 0 saturated heterocycles. The lowest BCUT2D eigenvalue weighted by molar-refractivity contribution is -0.153. The molecule has 0 aromatic carbocycles. The highest BCUT2D eigenvalue weighted by molar-refractivity contribution is 7.47. The van der Waals surface area contributed by atoms with Crippen LogP contribution in [0.5, 0.6) is 0 Å². The van der Waals surface area contributed by atoms with Crippen LogP contribution in [0.25, 0.3) is 0 Å². The summed E-state index contributed by atoms with van der Waals surface area (Å²) in [5.41, 5.74) is 0. The van der Waals surface area contributed by atoms with Crippen molar-refractivity contribution in [3.8, 4) is 0 Å². The number of esters is 2. The van der Waals surface area contributed by atoms with Gasteiger partial charge in [0.15, 0.2) is 0 Å². The van der Waals surface area contributed by atoms with Gasteiger partial charge in [0.2, 0.25) is 0 Å². The fourth-order valence-corrected chi connectivity index (χ4v) is 6.53. The van der Waals surface area contributed by atoms with Crippen molar-refractivity contribution in [1.82, 2.24) is 0 Å². The van der Waals surface area contributed by atoms with Crippen molar-refractivity contribution in [2.24, 2.45) is 0 Å². The fraction of sp³-hybridized carbons (Fsp3) is 0.900. The number of unbranched alkanes of at least 4 members (excludes halogenated alkanes) is 23. The van der Waals surface area contributed by atoms with Gasteiger partial charge in [-0.25, -0.2) is 4.57 Å². The standard InChI is InChI=1S/C40H77O10P/c1-3-5-7-9-11-13-15-16-17-18-19-20-22-24-26-28-30-32-40(44)50-38(34-42)36-48-51(45,46)47-35-37(33-41)49-39(43)31-29-27-25-23-21-14-12-10-8-6-4-2/h10,12,37-38,41-42H,3-9,11,13-36H2,1-2H3,(H,45,46)/b12-10-. The van der Waals surface area contributed by atoms with Crippen molar-refractivity contribution in [3.63, 3.8) is 0 Å². The first kappa shape index (κ1) is 49.7. The summed E-state index contributed by atoms with van der Waals surface area (Å²) in [6, 6.07) is 0. The van der Waals surface area contributed by atoms with Crippen LogP contribution < -0.4 is 0 Å². The Morgan fingerprint density at radius 1 is 0.510 bits per heavy atom. The van der Waals surface area contributed by atoms with E-state index >= 15 is 0 Å². The molecule has 3 N–H and O–H groups in total. The van der Waals surface area contributed by atoms with Gasteiger partial charge in [-0.05, 0) is 32.1 Å². The van der Waals surface area contributed by atoms with Gasteiger partial charge in [-0.15, -0.1) is 0 Å². The molecule has 10 nitrogen and oxygen atoms in total. The van der Waals surface area contributed by atoms with Crippen LogP contribution in [0, 0.1) is 0 Å². The zero-order valence-electron chi connectivity index (χ0n) is 32.6. The minimum Gasteiger partial charge on any atom is -0.457 e. The van der Waals surface area contributed by atoms with Gasteiger partial charge in [0.05, 0.1) is 26.4 Å². The van der Waals surface area contributed by atoms with E-state index in [1.54, 1.807) is 0 Å². The number of aliphatic hydroxyl groups excluding tert-OH is 2. The summed E-state index contributed by atoms with van der Waals surface area (Å²) in [6.07, 6.45) is 33.3. The molecule has 0 aliphatic carbocycles. The van der Waals surface area contributed by atoms with Crippen LogP contribution >= 0.6 is 7.82 Å². The molecule has 0 bridgehead atoms. The number of aliphatic hydroxyl groups is 2. The number of ether oxygens (including phenoxy) is 2. The van der Waals surface area contributed by atoms with Gasteiger partial charge in [-0.2, -0.15) is 0 Å². The number of hydrogen-bond acceptors (Lipinski definition) is 9. The van der Waals surface area contributed by atoms with Crippen LogP contribution in [0.1, 0.15) is 194 Å². The van der Waals surface area contributed by atoms with E-state index in [4.69, 9.17) is 18.5 Å². The summed E-state index contributed by atoms with van der Waals surface area (Å²) in [5, 5.41) is 19.1. The summed E-state index contributed by atoms with van der Waals surface area (Å²) >= 11 is 0. The van der Waals surface area contributed by atoms with E-state index in [9.17, 15) is 29.3 Å². The van der Waals surface area contributed by atoms with Crippen LogP contribution in [0.2, 0.25) is 0 Å². The number of hydrogen-bond donors (Lipinski definition) is 3. The van der Waals surface area contributed by atoms with Gasteiger partial charge in [0, 0.05) is 12.8 Å². The summed E-state index contributed by atoms with van der Waals surface area (Å²) in [6.45, 7) is 2.17. The molecule has 0 aromatic rings. The van der Waals surface area contributed by atoms with E-state index in [1.807, 2.05) is 0 Å². The Hall–Kier alpha value is -1.29. The normalized spacial score (nSPS) is 14.1. The van der Waals surface area contributed by atoms with Crippen LogP contribution in [0.3, 0.4) is 0 Å². The van der Waals surface area contributed by atoms with Crippen LogP contribution in [0.15, 0.2) is 12.2 Å². The average Bonchev–Trinajstić information content (AvgIpc) is 3.12. The number of phosphoric acid groups is 1. The number of rotatable bonds is 39. The zero-order chi connectivity index (χ0) is 37.7. The summed E-state index contributed by atoms with van der Waals surface area (Å²) in [7, 11) is -4.63. The van der Waals surface area contributed by atoms with Crippen molar-refractivity contribution >= 4 is 19.8 Å².